The van der Waals surface area contributed by atoms with Crippen LogP contribution in [0.5, 0.6) is 0 Å². The molecular weight excluding hydrogens is 542 g/mol. The molecule has 218 valence electrons. The number of hydrogen-bond donors (Lipinski definition) is 3. The minimum atomic E-state index is -3.82. The number of alkyl halides is 2. The van der Waals surface area contributed by atoms with E-state index in [0.717, 1.165) is 25.9 Å². The van der Waals surface area contributed by atoms with E-state index in [4.69, 9.17) is 0 Å². The molecule has 3 fully saturated rings. The Morgan fingerprint density at radius 2 is 1.68 bits per heavy atom. The van der Waals surface area contributed by atoms with Crippen molar-refractivity contribution in [2.75, 3.05) is 52.6 Å². The van der Waals surface area contributed by atoms with Crippen LogP contribution in [0, 0.1) is 12.3 Å². The minimum absolute atomic E-state index is 0.122. The molecule has 1 aromatic carbocycles. The third kappa shape index (κ3) is 6.30. The van der Waals surface area contributed by atoms with Crippen LogP contribution in [0.3, 0.4) is 0 Å². The van der Waals surface area contributed by atoms with Crippen molar-refractivity contribution in [3.8, 4) is 0 Å². The lowest BCUT2D eigenvalue weighted by Crippen LogP contribution is -2.40. The molecule has 2 saturated heterocycles. The van der Waals surface area contributed by atoms with E-state index in [0.29, 0.717) is 34.0 Å². The standard InChI is InChI=1S/C27H36F2N6O4S/c1-18-15-23(32-25(30-18)35-13-9-27(28,29)10-14-35)31-24(37)21-4-3-20(33-40(38,39)19(2)17-36)16-22(21)34-11-7-26(5-6-26)8-12-34/h3-4,15-16,19,33,36H,5-14,17H2,1-2H3,(H,30,31,32,37)/t19-/m0/s1. The van der Waals surface area contributed by atoms with Gasteiger partial charge in [-0.05, 0) is 63.1 Å². The number of benzene rings is 1. The minimum Gasteiger partial charge on any atom is -0.395 e. The van der Waals surface area contributed by atoms with Crippen LogP contribution >= 0.6 is 0 Å². The van der Waals surface area contributed by atoms with Crippen LogP contribution in [-0.4, -0.2) is 73.4 Å². The molecule has 3 aliphatic rings. The second-order valence-corrected chi connectivity index (χ2v) is 13.4. The van der Waals surface area contributed by atoms with E-state index < -0.39 is 33.7 Å². The third-order valence-electron chi connectivity index (χ3n) is 8.27. The Bertz CT molecular complexity index is 1370. The first-order valence-corrected chi connectivity index (χ1v) is 15.2. The van der Waals surface area contributed by atoms with Gasteiger partial charge in [0.05, 0.1) is 23.5 Å². The number of aryl methyl sites for hydroxylation is 1. The van der Waals surface area contributed by atoms with Crippen LogP contribution in [0.2, 0.25) is 0 Å². The van der Waals surface area contributed by atoms with Gasteiger partial charge in [-0.25, -0.2) is 22.2 Å². The average Bonchev–Trinajstić information content (AvgIpc) is 3.66. The first-order valence-electron chi connectivity index (χ1n) is 13.7. The number of hydrogen-bond acceptors (Lipinski definition) is 8. The summed E-state index contributed by atoms with van der Waals surface area (Å²) < 4.78 is 55.0. The Hall–Kier alpha value is -3.06. The molecule has 3 N–H and O–H groups in total. The monoisotopic (exact) mass is 578 g/mol. The van der Waals surface area contributed by atoms with E-state index in [1.807, 2.05) is 0 Å². The number of sulfonamides is 1. The smallest absolute Gasteiger partial charge is 0.258 e. The molecule has 1 atom stereocenters. The van der Waals surface area contributed by atoms with Crippen LogP contribution in [0.1, 0.15) is 61.5 Å². The fourth-order valence-electron chi connectivity index (χ4n) is 5.29. The highest BCUT2D eigenvalue weighted by molar-refractivity contribution is 7.93. The summed E-state index contributed by atoms with van der Waals surface area (Å²) in [6.45, 7) is 4.39. The molecule has 10 nitrogen and oxygen atoms in total. The highest BCUT2D eigenvalue weighted by Gasteiger charge is 2.44. The number of halogens is 2. The number of carbonyl (C=O) groups is 1. The lowest BCUT2D eigenvalue weighted by atomic mass is 9.93. The summed E-state index contributed by atoms with van der Waals surface area (Å²) in [4.78, 5) is 26.2. The average molecular weight is 579 g/mol. The van der Waals surface area contributed by atoms with Gasteiger partial charge in [0.25, 0.3) is 11.8 Å². The number of aromatic nitrogens is 2. The van der Waals surface area contributed by atoms with Gasteiger partial charge in [-0.2, -0.15) is 4.98 Å². The van der Waals surface area contributed by atoms with Crippen LogP contribution in [0.25, 0.3) is 0 Å². The van der Waals surface area contributed by atoms with Gasteiger partial charge in [0.2, 0.25) is 16.0 Å². The number of nitrogens with zero attached hydrogens (tertiary/aromatic N) is 4. The Kier molecular flexibility index (Phi) is 7.64. The van der Waals surface area contributed by atoms with E-state index in [-0.39, 0.29) is 31.7 Å². The molecule has 1 amide bonds. The van der Waals surface area contributed by atoms with Gasteiger partial charge in [0.1, 0.15) is 11.1 Å². The molecule has 1 aromatic heterocycles. The second-order valence-electron chi connectivity index (χ2n) is 11.4. The molecule has 0 radical (unpaired) electrons. The summed E-state index contributed by atoms with van der Waals surface area (Å²) in [7, 11) is -3.82. The third-order valence-corrected chi connectivity index (χ3v) is 10.0. The number of aliphatic hydroxyl groups excluding tert-OH is 1. The van der Waals surface area contributed by atoms with E-state index in [2.05, 4.69) is 24.9 Å². The van der Waals surface area contributed by atoms with Gasteiger partial charge in [0.15, 0.2) is 0 Å². The molecule has 5 rings (SSSR count). The maximum absolute atomic E-state index is 13.6. The van der Waals surface area contributed by atoms with Crippen LogP contribution in [0.4, 0.5) is 31.9 Å². The highest BCUT2D eigenvalue weighted by Crippen LogP contribution is 2.54. The zero-order valence-corrected chi connectivity index (χ0v) is 23.6. The molecule has 0 unspecified atom stereocenters. The van der Waals surface area contributed by atoms with E-state index in [9.17, 15) is 27.1 Å². The van der Waals surface area contributed by atoms with Crippen molar-refractivity contribution in [2.45, 2.75) is 63.5 Å². The highest BCUT2D eigenvalue weighted by atomic mass is 32.2. The van der Waals surface area contributed by atoms with Crippen LogP contribution in [0.15, 0.2) is 24.3 Å². The number of amides is 1. The number of carbonyl (C=O) groups excluding carboxylic acids is 1. The number of aliphatic hydroxyl groups is 1. The Labute approximate surface area is 233 Å². The van der Waals surface area contributed by atoms with Crippen LogP contribution in [-0.2, 0) is 10.0 Å². The molecule has 3 heterocycles. The second kappa shape index (κ2) is 10.7. The molecular formula is C27H36F2N6O4S. The Morgan fingerprint density at radius 3 is 2.30 bits per heavy atom. The summed E-state index contributed by atoms with van der Waals surface area (Å²) in [6.07, 6.45) is 3.90. The predicted octanol–water partition coefficient (Wildman–Crippen LogP) is 3.78. The fraction of sp³-hybridized carbons (Fsp3) is 0.593. The lowest BCUT2D eigenvalue weighted by Gasteiger charge is -2.35. The molecule has 2 aromatic rings. The molecule has 40 heavy (non-hydrogen) atoms. The number of anilines is 4. The quantitative estimate of drug-likeness (QED) is 0.432. The number of piperidine rings is 2. The van der Waals surface area contributed by atoms with E-state index in [1.54, 1.807) is 30.0 Å². The SMILES string of the molecule is Cc1cc(NC(=O)c2ccc(NS(=O)(=O)[C@@H](C)CO)cc2N2CCC3(CC2)CC3)nc(N2CCC(F)(F)CC2)n1. The van der Waals surface area contributed by atoms with Crippen LogP contribution < -0.4 is 19.8 Å². The summed E-state index contributed by atoms with van der Waals surface area (Å²) in [5.41, 5.74) is 2.27. The molecule has 2 aliphatic heterocycles. The Balaban J connectivity index is 1.39. The maximum Gasteiger partial charge on any atom is 0.258 e. The molecule has 1 spiro atoms. The first-order chi connectivity index (χ1) is 18.9. The van der Waals surface area contributed by atoms with Gasteiger partial charge in [-0.15, -0.1) is 0 Å². The van der Waals surface area contributed by atoms with E-state index >= 15 is 0 Å². The van der Waals surface area contributed by atoms with Gasteiger partial charge in [-0.1, -0.05) is 0 Å². The summed E-state index contributed by atoms with van der Waals surface area (Å²) in [6, 6.07) is 6.38. The first kappa shape index (κ1) is 28.5. The molecule has 1 saturated carbocycles. The number of nitrogens with one attached hydrogen (secondary N) is 2. The topological polar surface area (TPSA) is 128 Å². The fourth-order valence-corrected chi connectivity index (χ4v) is 6.14. The summed E-state index contributed by atoms with van der Waals surface area (Å²) >= 11 is 0. The van der Waals surface area contributed by atoms with Crippen molar-refractivity contribution in [3.05, 3.63) is 35.5 Å². The van der Waals surface area contributed by atoms with Gasteiger partial charge in [0, 0.05) is 50.8 Å². The summed E-state index contributed by atoms with van der Waals surface area (Å²) in [5, 5.41) is 11.2. The molecule has 1 aliphatic carbocycles. The van der Waals surface area contributed by atoms with Crippen molar-refractivity contribution in [2.24, 2.45) is 5.41 Å². The van der Waals surface area contributed by atoms with Crippen molar-refractivity contribution >= 4 is 39.1 Å². The lowest BCUT2D eigenvalue weighted by molar-refractivity contribution is -0.0222. The van der Waals surface area contributed by atoms with Crippen molar-refractivity contribution in [1.82, 2.24) is 9.97 Å². The Morgan fingerprint density at radius 1 is 1.02 bits per heavy atom. The van der Waals surface area contributed by atoms with Gasteiger partial charge in [-0.3, -0.25) is 9.52 Å². The number of rotatable bonds is 8. The van der Waals surface area contributed by atoms with Gasteiger partial charge < -0.3 is 20.2 Å². The van der Waals surface area contributed by atoms with Crippen molar-refractivity contribution in [1.29, 1.82) is 0 Å². The molecule has 0 bridgehead atoms. The van der Waals surface area contributed by atoms with E-state index in [1.165, 1.54) is 25.8 Å². The molecule has 13 heteroatoms. The predicted molar refractivity (Wildman–Crippen MR) is 150 cm³/mol. The maximum atomic E-state index is 13.6. The van der Waals surface area contributed by atoms with Gasteiger partial charge >= 0.3 is 0 Å². The largest absolute Gasteiger partial charge is 0.395 e. The summed E-state index contributed by atoms with van der Waals surface area (Å²) in [5.74, 6) is -2.57. The normalized spacial score (nSPS) is 20.7. The van der Waals surface area contributed by atoms with Crippen molar-refractivity contribution in [3.63, 3.8) is 0 Å². The van der Waals surface area contributed by atoms with Crippen molar-refractivity contribution < 1.29 is 27.1 Å². The zero-order chi connectivity index (χ0) is 28.7. The zero-order valence-electron chi connectivity index (χ0n) is 22.8.